The van der Waals surface area contributed by atoms with Gasteiger partial charge in [0.25, 0.3) is 0 Å². The van der Waals surface area contributed by atoms with Gasteiger partial charge in [0.1, 0.15) is 6.10 Å². The number of amides is 2. The van der Waals surface area contributed by atoms with Gasteiger partial charge in [-0.1, -0.05) is 30.3 Å². The second-order valence-corrected chi connectivity index (χ2v) is 8.41. The van der Waals surface area contributed by atoms with Crippen LogP contribution in [0.15, 0.2) is 47.4 Å². The fourth-order valence-electron chi connectivity index (χ4n) is 2.96. The minimum absolute atomic E-state index is 0.169. The van der Waals surface area contributed by atoms with Crippen molar-refractivity contribution >= 4 is 21.6 Å². The van der Waals surface area contributed by atoms with E-state index in [1.165, 1.54) is 17.7 Å². The van der Waals surface area contributed by atoms with Gasteiger partial charge in [-0.3, -0.25) is 0 Å². The summed E-state index contributed by atoms with van der Waals surface area (Å²) in [5.41, 5.74) is 3.58. The van der Waals surface area contributed by atoms with Gasteiger partial charge in [-0.15, -0.1) is 0 Å². The van der Waals surface area contributed by atoms with Crippen LogP contribution in [-0.2, 0) is 21.0 Å². The van der Waals surface area contributed by atoms with Gasteiger partial charge in [0, 0.05) is 18.5 Å². The van der Waals surface area contributed by atoms with Crippen molar-refractivity contribution in [2.45, 2.75) is 24.3 Å². The van der Waals surface area contributed by atoms with E-state index in [2.05, 4.69) is 16.7 Å². The van der Waals surface area contributed by atoms with Crippen molar-refractivity contribution in [3.63, 3.8) is 0 Å². The molecule has 6 nitrogen and oxygen atoms in total. The summed E-state index contributed by atoms with van der Waals surface area (Å²) in [5.74, 6) is 0. The molecular weight excluding hydrogens is 352 g/mol. The van der Waals surface area contributed by atoms with Crippen molar-refractivity contribution in [1.82, 2.24) is 5.32 Å². The van der Waals surface area contributed by atoms with Crippen LogP contribution < -0.4 is 10.6 Å². The van der Waals surface area contributed by atoms with Crippen LogP contribution in [0.25, 0.3) is 0 Å². The Morgan fingerprint density at radius 3 is 2.77 bits per heavy atom. The van der Waals surface area contributed by atoms with Gasteiger partial charge in [0.05, 0.1) is 11.5 Å². The molecule has 0 saturated carbocycles. The van der Waals surface area contributed by atoms with Gasteiger partial charge < -0.3 is 15.4 Å². The minimum Gasteiger partial charge on any atom is -0.371 e. The third-order valence-electron chi connectivity index (χ3n) is 4.43. The van der Waals surface area contributed by atoms with Crippen LogP contribution in [0.2, 0.25) is 0 Å². The summed E-state index contributed by atoms with van der Waals surface area (Å²) in [4.78, 5) is 12.4. The lowest BCUT2D eigenvalue weighted by Crippen LogP contribution is -2.34. The molecule has 2 N–H and O–H groups in total. The van der Waals surface area contributed by atoms with Crippen molar-refractivity contribution in [3.05, 3.63) is 59.2 Å². The Bertz CT molecular complexity index is 925. The molecule has 26 heavy (non-hydrogen) atoms. The summed E-state index contributed by atoms with van der Waals surface area (Å²) in [5, 5.41) is 5.52. The van der Waals surface area contributed by atoms with E-state index in [-0.39, 0.29) is 11.0 Å². The number of sulfone groups is 1. The van der Waals surface area contributed by atoms with Gasteiger partial charge in [-0.2, -0.15) is 0 Å². The maximum atomic E-state index is 12.3. The number of urea groups is 1. The fraction of sp³-hybridized carbons (Fsp3) is 0.316. The van der Waals surface area contributed by atoms with Crippen LogP contribution in [0.4, 0.5) is 10.5 Å². The van der Waals surface area contributed by atoms with E-state index in [0.717, 1.165) is 23.8 Å². The van der Waals surface area contributed by atoms with Crippen molar-refractivity contribution in [3.8, 4) is 0 Å². The van der Waals surface area contributed by atoms with E-state index in [9.17, 15) is 13.2 Å². The predicted octanol–water partition coefficient (Wildman–Crippen LogP) is 2.83. The summed E-state index contributed by atoms with van der Waals surface area (Å²) in [6, 6.07) is 12.3. The molecule has 138 valence electrons. The van der Waals surface area contributed by atoms with Gasteiger partial charge in [-0.25, -0.2) is 13.2 Å². The molecule has 0 aliphatic carbocycles. The Labute approximate surface area is 153 Å². The van der Waals surface area contributed by atoms with Crippen molar-refractivity contribution < 1.29 is 17.9 Å². The Morgan fingerprint density at radius 1 is 1.23 bits per heavy atom. The maximum Gasteiger partial charge on any atom is 0.319 e. The van der Waals surface area contributed by atoms with Gasteiger partial charge >= 0.3 is 6.03 Å². The number of nitrogens with one attached hydrogen (secondary N) is 2. The lowest BCUT2D eigenvalue weighted by atomic mass is 9.98. The van der Waals surface area contributed by atoms with Gasteiger partial charge in [-0.05, 0) is 42.2 Å². The molecular formula is C19H22N2O4S. The molecule has 0 aromatic heterocycles. The van der Waals surface area contributed by atoms with Crippen molar-refractivity contribution in [2.75, 3.05) is 24.7 Å². The Morgan fingerprint density at radius 2 is 2.00 bits per heavy atom. The molecule has 1 aliphatic rings. The van der Waals surface area contributed by atoms with E-state index in [1.807, 2.05) is 25.1 Å². The molecule has 2 aromatic carbocycles. The van der Waals surface area contributed by atoms with Crippen molar-refractivity contribution in [1.29, 1.82) is 0 Å². The first-order valence-electron chi connectivity index (χ1n) is 8.39. The number of ether oxygens (including phenoxy) is 1. The normalized spacial score (nSPS) is 16.6. The highest BCUT2D eigenvalue weighted by atomic mass is 32.2. The molecule has 0 spiro atoms. The topological polar surface area (TPSA) is 84.5 Å². The number of hydrogen-bond acceptors (Lipinski definition) is 4. The molecule has 1 aliphatic heterocycles. The molecule has 3 rings (SSSR count). The summed E-state index contributed by atoms with van der Waals surface area (Å²) in [7, 11) is -3.33. The third-order valence-corrected chi connectivity index (χ3v) is 5.54. The quantitative estimate of drug-likeness (QED) is 0.862. The van der Waals surface area contributed by atoms with Crippen LogP contribution in [0.5, 0.6) is 0 Å². The number of carbonyl (C=O) groups excluding carboxylic acids is 1. The maximum absolute atomic E-state index is 12.3. The van der Waals surface area contributed by atoms with E-state index in [4.69, 9.17) is 4.74 Å². The Hall–Kier alpha value is -2.38. The molecule has 0 bridgehead atoms. The van der Waals surface area contributed by atoms with Gasteiger partial charge in [0.2, 0.25) is 0 Å². The molecule has 1 atom stereocenters. The number of rotatable bonds is 4. The van der Waals surface area contributed by atoms with Crippen LogP contribution >= 0.6 is 0 Å². The second-order valence-electron chi connectivity index (χ2n) is 6.39. The van der Waals surface area contributed by atoms with E-state index in [1.54, 1.807) is 6.07 Å². The molecule has 2 amide bonds. The number of aryl methyl sites for hydroxylation is 1. The highest BCUT2D eigenvalue weighted by Crippen LogP contribution is 2.26. The lowest BCUT2D eigenvalue weighted by molar-refractivity contribution is 0.0444. The first kappa shape index (κ1) is 18.4. The molecule has 1 heterocycles. The number of fused-ring (bicyclic) bond motifs is 1. The lowest BCUT2D eigenvalue weighted by Gasteiger charge is -2.26. The summed E-state index contributed by atoms with van der Waals surface area (Å²) < 4.78 is 29.1. The van der Waals surface area contributed by atoms with E-state index in [0.29, 0.717) is 18.8 Å². The SMILES string of the molecule is Cc1ccc(S(C)(=O)=O)cc1NC(=O)NC[C@H]1OCCc2ccccc21. The van der Waals surface area contributed by atoms with Crippen LogP contribution in [-0.4, -0.2) is 33.9 Å². The average molecular weight is 374 g/mol. The van der Waals surface area contributed by atoms with E-state index < -0.39 is 15.9 Å². The minimum atomic E-state index is -3.33. The standard InChI is InChI=1S/C19H22N2O4S/c1-13-7-8-15(26(2,23)24)11-17(13)21-19(22)20-12-18-16-6-4-3-5-14(16)9-10-25-18/h3-8,11,18H,9-10,12H2,1-2H3,(H2,20,21,22)/t18-/m1/s1. The molecule has 0 fully saturated rings. The second kappa shape index (κ2) is 7.47. The smallest absolute Gasteiger partial charge is 0.319 e. The molecule has 0 unspecified atom stereocenters. The van der Waals surface area contributed by atoms with Crippen LogP contribution in [0, 0.1) is 6.92 Å². The number of benzene rings is 2. The largest absolute Gasteiger partial charge is 0.371 e. The molecule has 0 radical (unpaired) electrons. The van der Waals surface area contributed by atoms with Crippen LogP contribution in [0.1, 0.15) is 22.8 Å². The highest BCUT2D eigenvalue weighted by Gasteiger charge is 2.21. The number of hydrogen-bond donors (Lipinski definition) is 2. The average Bonchev–Trinajstić information content (AvgIpc) is 2.61. The zero-order valence-corrected chi connectivity index (χ0v) is 15.6. The first-order valence-corrected chi connectivity index (χ1v) is 10.3. The summed E-state index contributed by atoms with van der Waals surface area (Å²) >= 11 is 0. The summed E-state index contributed by atoms with van der Waals surface area (Å²) in [6.07, 6.45) is 1.82. The fourth-order valence-corrected chi connectivity index (χ4v) is 3.61. The molecule has 7 heteroatoms. The molecule has 2 aromatic rings. The van der Waals surface area contributed by atoms with E-state index >= 15 is 0 Å². The van der Waals surface area contributed by atoms with Gasteiger partial charge in [0.15, 0.2) is 9.84 Å². The monoisotopic (exact) mass is 374 g/mol. The number of anilines is 1. The highest BCUT2D eigenvalue weighted by molar-refractivity contribution is 7.90. The van der Waals surface area contributed by atoms with Crippen molar-refractivity contribution in [2.24, 2.45) is 0 Å². The third kappa shape index (κ3) is 4.23. The Kier molecular flexibility index (Phi) is 5.29. The zero-order chi connectivity index (χ0) is 18.7. The molecule has 0 saturated heterocycles. The number of carbonyl (C=O) groups is 1. The zero-order valence-electron chi connectivity index (χ0n) is 14.8. The van der Waals surface area contributed by atoms with Crippen LogP contribution in [0.3, 0.4) is 0 Å². The predicted molar refractivity (Wildman–Crippen MR) is 100 cm³/mol. The summed E-state index contributed by atoms with van der Waals surface area (Å²) in [6.45, 7) is 2.77. The first-order chi connectivity index (χ1) is 12.3. The Balaban J connectivity index is 1.66.